The molecule has 118 valence electrons. The van der Waals surface area contributed by atoms with Crippen molar-refractivity contribution in [3.63, 3.8) is 0 Å². The maximum Gasteiger partial charge on any atom is 0.241 e. The van der Waals surface area contributed by atoms with E-state index in [4.69, 9.17) is 5.73 Å². The molecule has 1 aromatic rings. The lowest BCUT2D eigenvalue weighted by Crippen LogP contribution is -2.38. The number of sulfonamides is 1. The number of hydrogen-bond donors (Lipinski definition) is 2. The van der Waals surface area contributed by atoms with E-state index in [0.29, 0.717) is 16.3 Å². The maximum absolute atomic E-state index is 12.6. The molecule has 2 atom stereocenters. The van der Waals surface area contributed by atoms with Gasteiger partial charge in [0.2, 0.25) is 10.0 Å². The zero-order chi connectivity index (χ0) is 15.5. The van der Waals surface area contributed by atoms with Crippen LogP contribution in [0.5, 0.6) is 0 Å². The Morgan fingerprint density at radius 2 is 2.19 bits per heavy atom. The van der Waals surface area contributed by atoms with Crippen molar-refractivity contribution < 1.29 is 8.42 Å². The lowest BCUT2D eigenvalue weighted by molar-refractivity contribution is 0.554. The predicted molar refractivity (Wildman–Crippen MR) is 91.9 cm³/mol. The smallest absolute Gasteiger partial charge is 0.241 e. The second-order valence-electron chi connectivity index (χ2n) is 5.12. The largest absolute Gasteiger partial charge is 0.326 e. The molecule has 0 bridgehead atoms. The summed E-state index contributed by atoms with van der Waals surface area (Å²) < 4.78 is 28.6. The van der Waals surface area contributed by atoms with Gasteiger partial charge in [0.15, 0.2) is 0 Å². The van der Waals surface area contributed by atoms with Gasteiger partial charge >= 0.3 is 0 Å². The Hall–Kier alpha value is -0.0800. The molecule has 1 aliphatic rings. The van der Waals surface area contributed by atoms with E-state index < -0.39 is 10.0 Å². The molecule has 2 rings (SSSR count). The highest BCUT2D eigenvalue weighted by Gasteiger charge is 2.31. The first kappa shape index (κ1) is 17.3. The third-order valence-electron chi connectivity index (χ3n) is 3.66. The fraction of sp³-hybridized carbons (Fsp3) is 0.571. The molecule has 0 heterocycles. The van der Waals surface area contributed by atoms with E-state index >= 15 is 0 Å². The van der Waals surface area contributed by atoms with Crippen LogP contribution in [0.2, 0.25) is 0 Å². The first-order valence-corrected chi connectivity index (χ1v) is 10.4. The summed E-state index contributed by atoms with van der Waals surface area (Å²) in [6.07, 6.45) is 3.08. The Morgan fingerprint density at radius 3 is 2.81 bits per heavy atom. The SMILES string of the molecule is CCSC1CCCC1NS(=O)(=O)c1ccc(CN)cc1Br. The standard InChI is InChI=1S/C14H21BrN2O2S2/c1-2-20-13-5-3-4-12(13)17-21(18,19)14-7-6-10(9-16)8-11(14)15/h6-8,12-13,17H,2-5,9,16H2,1H3. The van der Waals surface area contributed by atoms with Crippen LogP contribution in [0.15, 0.2) is 27.6 Å². The summed E-state index contributed by atoms with van der Waals surface area (Å²) in [5.41, 5.74) is 6.48. The van der Waals surface area contributed by atoms with Crippen LogP contribution >= 0.6 is 27.7 Å². The molecule has 1 aliphatic carbocycles. The zero-order valence-electron chi connectivity index (χ0n) is 12.0. The molecular formula is C14H21BrN2O2S2. The van der Waals surface area contributed by atoms with Gasteiger partial charge in [0, 0.05) is 22.3 Å². The third kappa shape index (κ3) is 4.22. The van der Waals surface area contributed by atoms with Crippen molar-refractivity contribution in [3.8, 4) is 0 Å². The average Bonchev–Trinajstić information content (AvgIpc) is 2.85. The molecule has 21 heavy (non-hydrogen) atoms. The third-order valence-corrected chi connectivity index (χ3v) is 7.45. The van der Waals surface area contributed by atoms with Crippen LogP contribution in [0.25, 0.3) is 0 Å². The molecule has 3 N–H and O–H groups in total. The molecule has 0 amide bonds. The highest BCUT2D eigenvalue weighted by molar-refractivity contribution is 9.10. The van der Waals surface area contributed by atoms with Gasteiger partial charge in [-0.25, -0.2) is 13.1 Å². The predicted octanol–water partition coefficient (Wildman–Crippen LogP) is 2.86. The van der Waals surface area contributed by atoms with Crippen molar-refractivity contribution in [2.45, 2.75) is 48.9 Å². The van der Waals surface area contributed by atoms with Gasteiger partial charge in [-0.1, -0.05) is 19.4 Å². The average molecular weight is 393 g/mol. The molecular weight excluding hydrogens is 372 g/mol. The number of nitrogens with two attached hydrogens (primary N) is 1. The molecule has 0 aliphatic heterocycles. The molecule has 1 saturated carbocycles. The summed E-state index contributed by atoms with van der Waals surface area (Å²) >= 11 is 5.18. The van der Waals surface area contributed by atoms with Crippen LogP contribution in [0, 0.1) is 0 Å². The molecule has 7 heteroatoms. The second kappa shape index (κ2) is 7.46. The summed E-state index contributed by atoms with van der Waals surface area (Å²) in [4.78, 5) is 0.284. The molecule has 4 nitrogen and oxygen atoms in total. The highest BCUT2D eigenvalue weighted by Crippen LogP contribution is 2.32. The van der Waals surface area contributed by atoms with E-state index in [1.165, 1.54) is 0 Å². The van der Waals surface area contributed by atoms with E-state index in [9.17, 15) is 8.42 Å². The van der Waals surface area contributed by atoms with Gasteiger partial charge in [-0.05, 0) is 52.2 Å². The van der Waals surface area contributed by atoms with Crippen molar-refractivity contribution in [2.75, 3.05) is 5.75 Å². The quantitative estimate of drug-likeness (QED) is 0.780. The molecule has 1 aromatic carbocycles. The summed E-state index contributed by atoms with van der Waals surface area (Å²) in [6, 6.07) is 5.17. The van der Waals surface area contributed by atoms with Gasteiger partial charge in [0.25, 0.3) is 0 Å². The first-order valence-electron chi connectivity index (χ1n) is 7.10. The van der Waals surface area contributed by atoms with Crippen molar-refractivity contribution >= 4 is 37.7 Å². The van der Waals surface area contributed by atoms with Crippen LogP contribution in [0.3, 0.4) is 0 Å². The van der Waals surface area contributed by atoms with Crippen molar-refractivity contribution in [1.82, 2.24) is 4.72 Å². The minimum Gasteiger partial charge on any atom is -0.326 e. The molecule has 1 fully saturated rings. The van der Waals surface area contributed by atoms with Crippen LogP contribution in [-0.2, 0) is 16.6 Å². The fourth-order valence-corrected chi connectivity index (χ4v) is 6.35. The number of hydrogen-bond acceptors (Lipinski definition) is 4. The maximum atomic E-state index is 12.6. The number of rotatable bonds is 6. The minimum absolute atomic E-state index is 0.0287. The molecule has 2 unspecified atom stereocenters. The van der Waals surface area contributed by atoms with E-state index in [1.54, 1.807) is 18.2 Å². The van der Waals surface area contributed by atoms with Crippen molar-refractivity contribution in [3.05, 3.63) is 28.2 Å². The van der Waals surface area contributed by atoms with Gasteiger partial charge in [-0.2, -0.15) is 11.8 Å². The van der Waals surface area contributed by atoms with Gasteiger partial charge in [-0.3, -0.25) is 0 Å². The summed E-state index contributed by atoms with van der Waals surface area (Å²) in [7, 11) is -3.50. The van der Waals surface area contributed by atoms with Crippen LogP contribution < -0.4 is 10.5 Å². The van der Waals surface area contributed by atoms with E-state index in [1.807, 2.05) is 11.8 Å². The molecule has 0 aromatic heterocycles. The highest BCUT2D eigenvalue weighted by atomic mass is 79.9. The summed E-state index contributed by atoms with van der Waals surface area (Å²) in [5.74, 6) is 1.01. The van der Waals surface area contributed by atoms with Gasteiger partial charge in [-0.15, -0.1) is 0 Å². The van der Waals surface area contributed by atoms with Crippen LogP contribution in [-0.4, -0.2) is 25.5 Å². The Bertz CT molecular complexity index is 593. The lowest BCUT2D eigenvalue weighted by Gasteiger charge is -2.20. The number of nitrogens with one attached hydrogen (secondary N) is 1. The molecule has 0 saturated heterocycles. The monoisotopic (exact) mass is 392 g/mol. The Labute approximate surface area is 139 Å². The first-order chi connectivity index (χ1) is 9.97. The second-order valence-corrected chi connectivity index (χ2v) is 9.17. The number of benzene rings is 1. The summed E-state index contributed by atoms with van der Waals surface area (Å²) in [6.45, 7) is 2.50. The lowest BCUT2D eigenvalue weighted by atomic mass is 10.2. The van der Waals surface area contributed by atoms with Crippen LogP contribution in [0.1, 0.15) is 31.7 Å². The Morgan fingerprint density at radius 1 is 1.43 bits per heavy atom. The number of halogens is 1. The van der Waals surface area contributed by atoms with E-state index in [0.717, 1.165) is 30.6 Å². The van der Waals surface area contributed by atoms with Gasteiger partial charge in [0.1, 0.15) is 0 Å². The number of thioether (sulfide) groups is 1. The minimum atomic E-state index is -3.50. The van der Waals surface area contributed by atoms with Crippen LogP contribution in [0.4, 0.5) is 0 Å². The zero-order valence-corrected chi connectivity index (χ0v) is 15.2. The molecule has 0 radical (unpaired) electrons. The normalized spacial score (nSPS) is 22.6. The van der Waals surface area contributed by atoms with Gasteiger partial charge in [0.05, 0.1) is 4.90 Å². The van der Waals surface area contributed by atoms with Crippen molar-refractivity contribution in [1.29, 1.82) is 0 Å². The summed E-state index contributed by atoms with van der Waals surface area (Å²) in [5, 5.41) is 0.381. The fourth-order valence-electron chi connectivity index (χ4n) is 2.63. The van der Waals surface area contributed by atoms with Crippen molar-refractivity contribution in [2.24, 2.45) is 5.73 Å². The van der Waals surface area contributed by atoms with Gasteiger partial charge < -0.3 is 5.73 Å². The van der Waals surface area contributed by atoms with E-state index in [2.05, 4.69) is 27.6 Å². The topological polar surface area (TPSA) is 72.2 Å². The van der Waals surface area contributed by atoms with E-state index in [-0.39, 0.29) is 10.9 Å². The Balaban J connectivity index is 2.18. The Kier molecular flexibility index (Phi) is 6.14. The molecule has 0 spiro atoms.